The maximum Gasteiger partial charge on any atom is 0.256 e. The Morgan fingerprint density at radius 3 is 2.26 bits per heavy atom. The molecule has 0 saturated carbocycles. The van der Waals surface area contributed by atoms with E-state index in [1.807, 2.05) is 6.07 Å². The third-order valence-corrected chi connectivity index (χ3v) is 5.52. The quantitative estimate of drug-likeness (QED) is 0.532. The van der Waals surface area contributed by atoms with Crippen molar-refractivity contribution >= 4 is 17.5 Å². The van der Waals surface area contributed by atoms with E-state index in [1.54, 1.807) is 35.2 Å². The summed E-state index contributed by atoms with van der Waals surface area (Å²) in [6.07, 6.45) is 2.55. The minimum atomic E-state index is -0.252. The van der Waals surface area contributed by atoms with Crippen molar-refractivity contribution in [1.29, 1.82) is 5.26 Å². The van der Waals surface area contributed by atoms with Crippen molar-refractivity contribution in [3.05, 3.63) is 41.5 Å². The number of carbonyl (C=O) groups excluding carboxylic acids is 2. The van der Waals surface area contributed by atoms with Crippen molar-refractivity contribution in [1.82, 2.24) is 4.90 Å². The first-order chi connectivity index (χ1) is 16.5. The lowest BCUT2D eigenvalue weighted by Crippen LogP contribution is -2.29. The van der Waals surface area contributed by atoms with Crippen LogP contribution in [0, 0.1) is 11.3 Å². The van der Waals surface area contributed by atoms with E-state index in [0.717, 1.165) is 12.8 Å². The second kappa shape index (κ2) is 11.8. The standard InChI is InChI=1S/C25H29N3O6/c1-31-21-13-17(16-26)8-9-20(21)34-12-6-7-24(29)27-19-15-23(33-3)22(32-2)14-18(19)25(30)28-10-4-5-11-28/h8-9,13-15H,4-7,10-12H2,1-3H3,(H,27,29). The fraction of sp³-hybridized carbons (Fsp3) is 0.400. The van der Waals surface area contributed by atoms with Crippen LogP contribution in [0.5, 0.6) is 23.0 Å². The third kappa shape index (κ3) is 5.90. The summed E-state index contributed by atoms with van der Waals surface area (Å²) < 4.78 is 21.7. The number of hydrogen-bond donors (Lipinski definition) is 1. The van der Waals surface area contributed by atoms with Gasteiger partial charge in [0.2, 0.25) is 5.91 Å². The number of nitrogens with one attached hydrogen (secondary N) is 1. The Balaban J connectivity index is 1.64. The summed E-state index contributed by atoms with van der Waals surface area (Å²) in [6.45, 7) is 1.66. The maximum atomic E-state index is 13.1. The van der Waals surface area contributed by atoms with E-state index < -0.39 is 0 Å². The molecule has 2 aromatic carbocycles. The molecule has 2 aromatic rings. The summed E-state index contributed by atoms with van der Waals surface area (Å²) in [5.41, 5.74) is 1.22. The number of amides is 2. The Bertz CT molecular complexity index is 1070. The molecule has 0 atom stereocenters. The molecular formula is C25H29N3O6. The highest BCUT2D eigenvalue weighted by Gasteiger charge is 2.25. The number of likely N-dealkylation sites (tertiary alicyclic amines) is 1. The van der Waals surface area contributed by atoms with Gasteiger partial charge in [-0.1, -0.05) is 0 Å². The van der Waals surface area contributed by atoms with Crippen LogP contribution in [0.2, 0.25) is 0 Å². The van der Waals surface area contributed by atoms with Gasteiger partial charge < -0.3 is 29.2 Å². The van der Waals surface area contributed by atoms with Crippen LogP contribution < -0.4 is 24.3 Å². The molecule has 34 heavy (non-hydrogen) atoms. The van der Waals surface area contributed by atoms with E-state index >= 15 is 0 Å². The smallest absolute Gasteiger partial charge is 0.256 e. The second-order valence-corrected chi connectivity index (χ2v) is 7.73. The monoisotopic (exact) mass is 467 g/mol. The molecule has 3 rings (SSSR count). The predicted octanol–water partition coefficient (Wildman–Crippen LogP) is 3.62. The molecule has 1 saturated heterocycles. The van der Waals surface area contributed by atoms with Gasteiger partial charge in [-0.25, -0.2) is 0 Å². The summed E-state index contributed by atoms with van der Waals surface area (Å²) in [7, 11) is 4.50. The van der Waals surface area contributed by atoms with E-state index in [2.05, 4.69) is 5.32 Å². The Hall–Kier alpha value is -3.93. The van der Waals surface area contributed by atoms with Crippen LogP contribution >= 0.6 is 0 Å². The van der Waals surface area contributed by atoms with Gasteiger partial charge in [0, 0.05) is 31.6 Å². The number of anilines is 1. The molecule has 180 valence electrons. The molecule has 0 aliphatic carbocycles. The first kappa shape index (κ1) is 24.7. The summed E-state index contributed by atoms with van der Waals surface area (Å²) in [5, 5.41) is 11.8. The Morgan fingerprint density at radius 1 is 0.971 bits per heavy atom. The van der Waals surface area contributed by atoms with E-state index in [1.165, 1.54) is 21.3 Å². The average Bonchev–Trinajstić information content (AvgIpc) is 3.41. The fourth-order valence-corrected chi connectivity index (χ4v) is 3.73. The highest BCUT2D eigenvalue weighted by molar-refractivity contribution is 6.04. The zero-order chi connectivity index (χ0) is 24.5. The van der Waals surface area contributed by atoms with E-state index in [0.29, 0.717) is 59.3 Å². The van der Waals surface area contributed by atoms with Crippen molar-refractivity contribution in [2.75, 3.05) is 46.3 Å². The lowest BCUT2D eigenvalue weighted by Gasteiger charge is -2.20. The van der Waals surface area contributed by atoms with Crippen LogP contribution in [0.4, 0.5) is 5.69 Å². The van der Waals surface area contributed by atoms with Crippen molar-refractivity contribution in [2.24, 2.45) is 0 Å². The zero-order valence-electron chi connectivity index (χ0n) is 19.7. The minimum Gasteiger partial charge on any atom is -0.493 e. The number of nitriles is 1. The van der Waals surface area contributed by atoms with Gasteiger partial charge in [0.1, 0.15) is 0 Å². The number of nitrogens with zero attached hydrogens (tertiary/aromatic N) is 2. The topological polar surface area (TPSA) is 110 Å². The minimum absolute atomic E-state index is 0.148. The molecule has 1 fully saturated rings. The van der Waals surface area contributed by atoms with Gasteiger partial charge in [0.15, 0.2) is 23.0 Å². The number of ether oxygens (including phenoxy) is 4. The summed E-state index contributed by atoms with van der Waals surface area (Å²) in [6, 6.07) is 10.2. The molecule has 0 bridgehead atoms. The van der Waals surface area contributed by atoms with Crippen molar-refractivity contribution in [3.63, 3.8) is 0 Å². The molecule has 0 unspecified atom stereocenters. The summed E-state index contributed by atoms with van der Waals surface area (Å²) in [5.74, 6) is 1.40. The Kier molecular flexibility index (Phi) is 8.57. The highest BCUT2D eigenvalue weighted by Crippen LogP contribution is 2.34. The van der Waals surface area contributed by atoms with E-state index in [-0.39, 0.29) is 24.8 Å². The first-order valence-electron chi connectivity index (χ1n) is 11.1. The average molecular weight is 468 g/mol. The predicted molar refractivity (Wildman–Crippen MR) is 126 cm³/mol. The van der Waals surface area contributed by atoms with Gasteiger partial charge >= 0.3 is 0 Å². The Labute approximate surface area is 199 Å². The molecule has 0 spiro atoms. The van der Waals surface area contributed by atoms with Crippen LogP contribution in [0.25, 0.3) is 0 Å². The third-order valence-electron chi connectivity index (χ3n) is 5.52. The van der Waals surface area contributed by atoms with Gasteiger partial charge in [-0.15, -0.1) is 0 Å². The zero-order valence-corrected chi connectivity index (χ0v) is 19.7. The molecular weight excluding hydrogens is 438 g/mol. The van der Waals surface area contributed by atoms with E-state index in [9.17, 15) is 9.59 Å². The largest absolute Gasteiger partial charge is 0.493 e. The van der Waals surface area contributed by atoms with Crippen LogP contribution in [-0.4, -0.2) is 57.7 Å². The van der Waals surface area contributed by atoms with Crippen LogP contribution in [-0.2, 0) is 4.79 Å². The molecule has 9 heteroatoms. The van der Waals surface area contributed by atoms with Crippen LogP contribution in [0.15, 0.2) is 30.3 Å². The van der Waals surface area contributed by atoms with Crippen molar-refractivity contribution < 1.29 is 28.5 Å². The van der Waals surface area contributed by atoms with Crippen LogP contribution in [0.3, 0.4) is 0 Å². The highest BCUT2D eigenvalue weighted by atomic mass is 16.5. The van der Waals surface area contributed by atoms with Gasteiger partial charge in [-0.2, -0.15) is 5.26 Å². The normalized spacial score (nSPS) is 12.6. The number of hydrogen-bond acceptors (Lipinski definition) is 7. The molecule has 0 radical (unpaired) electrons. The van der Waals surface area contributed by atoms with Gasteiger partial charge in [0.25, 0.3) is 5.91 Å². The lowest BCUT2D eigenvalue weighted by molar-refractivity contribution is -0.116. The number of rotatable bonds is 10. The SMILES string of the molecule is COc1cc(NC(=O)CCCOc2ccc(C#N)cc2OC)c(C(=O)N2CCCC2)cc1OC. The van der Waals surface area contributed by atoms with Gasteiger partial charge in [0.05, 0.1) is 50.8 Å². The van der Waals surface area contributed by atoms with Crippen molar-refractivity contribution in [3.8, 4) is 29.1 Å². The number of carbonyl (C=O) groups is 2. The number of benzene rings is 2. The molecule has 1 N–H and O–H groups in total. The Morgan fingerprint density at radius 2 is 1.62 bits per heavy atom. The lowest BCUT2D eigenvalue weighted by atomic mass is 10.1. The van der Waals surface area contributed by atoms with Gasteiger partial charge in [-0.3, -0.25) is 9.59 Å². The molecule has 9 nitrogen and oxygen atoms in total. The first-order valence-corrected chi connectivity index (χ1v) is 11.1. The van der Waals surface area contributed by atoms with Gasteiger partial charge in [-0.05, 0) is 37.5 Å². The maximum absolute atomic E-state index is 13.1. The summed E-state index contributed by atoms with van der Waals surface area (Å²) in [4.78, 5) is 27.5. The van der Waals surface area contributed by atoms with Crippen molar-refractivity contribution in [2.45, 2.75) is 25.7 Å². The second-order valence-electron chi connectivity index (χ2n) is 7.73. The molecule has 0 aromatic heterocycles. The molecule has 1 heterocycles. The van der Waals surface area contributed by atoms with Crippen LogP contribution in [0.1, 0.15) is 41.6 Å². The van der Waals surface area contributed by atoms with E-state index in [4.69, 9.17) is 24.2 Å². The summed E-state index contributed by atoms with van der Waals surface area (Å²) >= 11 is 0. The fourth-order valence-electron chi connectivity index (χ4n) is 3.73. The molecule has 1 aliphatic rings. The number of methoxy groups -OCH3 is 3. The molecule has 2 amide bonds. The molecule has 1 aliphatic heterocycles.